The van der Waals surface area contributed by atoms with Gasteiger partial charge in [0, 0.05) is 18.2 Å². The van der Waals surface area contributed by atoms with Crippen LogP contribution in [0.2, 0.25) is 0 Å². The van der Waals surface area contributed by atoms with E-state index < -0.39 is 21.0 Å². The molecule has 0 spiro atoms. The Kier molecular flexibility index (Phi) is 6.98. The van der Waals surface area contributed by atoms with Crippen LogP contribution in [0.4, 0.5) is 4.79 Å². The molecule has 1 amide bonds. The largest absolute Gasteiger partial charge is 0.381 e. The maximum Gasteiger partial charge on any atom is 0.346 e. The van der Waals surface area contributed by atoms with Gasteiger partial charge in [0.15, 0.2) is 0 Å². The van der Waals surface area contributed by atoms with Crippen LogP contribution in [0.25, 0.3) is 0 Å². The van der Waals surface area contributed by atoms with Gasteiger partial charge in [0.1, 0.15) is 6.33 Å². The van der Waals surface area contributed by atoms with Crippen LogP contribution in [0, 0.1) is 0 Å². The lowest BCUT2D eigenvalue weighted by Gasteiger charge is -2.18. The van der Waals surface area contributed by atoms with E-state index in [4.69, 9.17) is 16.3 Å². The molecule has 1 rings (SSSR count). The number of rotatable bonds is 8. The summed E-state index contributed by atoms with van der Waals surface area (Å²) in [6, 6.07) is -0.525. The molecular formula is C12H19ClN4O4S. The van der Waals surface area contributed by atoms with Crippen LogP contribution in [0.15, 0.2) is 23.1 Å². The number of aromatic nitrogens is 3. The second-order valence-corrected chi connectivity index (χ2v) is 6.84. The van der Waals surface area contributed by atoms with Gasteiger partial charge >= 0.3 is 6.03 Å². The molecule has 0 fully saturated rings. The summed E-state index contributed by atoms with van der Waals surface area (Å²) < 4.78 is 29.8. The summed E-state index contributed by atoms with van der Waals surface area (Å²) in [5.74, 6) is -0.241. The number of nitrogens with zero attached hydrogens (tertiary/aromatic N) is 4. The molecule has 1 heterocycles. The van der Waals surface area contributed by atoms with Crippen molar-refractivity contribution in [1.29, 1.82) is 0 Å². The molecule has 0 N–H and O–H groups in total. The molecule has 0 radical (unpaired) electrons. The van der Waals surface area contributed by atoms with Crippen molar-refractivity contribution in [3.05, 3.63) is 17.9 Å². The minimum absolute atomic E-state index is 0.0501. The molecule has 0 unspecified atom stereocenters. The van der Waals surface area contributed by atoms with Crippen molar-refractivity contribution in [2.45, 2.75) is 19.0 Å². The van der Waals surface area contributed by atoms with Gasteiger partial charge in [0.25, 0.3) is 5.16 Å². The Bertz CT molecular complexity index is 629. The van der Waals surface area contributed by atoms with Crippen LogP contribution in [-0.4, -0.2) is 66.2 Å². The number of likely N-dealkylation sites (N-methyl/N-ethyl adjacent to an activating group) is 1. The number of ether oxygens (including phenoxy) is 1. The summed E-state index contributed by atoms with van der Waals surface area (Å²) in [6.45, 7) is 8.03. The fourth-order valence-electron chi connectivity index (χ4n) is 1.55. The molecule has 0 aliphatic heterocycles. The predicted molar refractivity (Wildman–Crippen MR) is 81.6 cm³/mol. The number of sulfone groups is 1. The Labute approximate surface area is 134 Å². The van der Waals surface area contributed by atoms with E-state index in [1.165, 1.54) is 4.90 Å². The second-order valence-electron chi connectivity index (χ2n) is 4.30. The third-order valence-electron chi connectivity index (χ3n) is 2.66. The van der Waals surface area contributed by atoms with Crippen LogP contribution in [-0.2, 0) is 14.6 Å². The topological polar surface area (TPSA) is 94.4 Å². The van der Waals surface area contributed by atoms with E-state index in [0.29, 0.717) is 18.2 Å². The first kappa shape index (κ1) is 18.6. The first-order valence-electron chi connectivity index (χ1n) is 6.66. The molecule has 1 aromatic heterocycles. The minimum Gasteiger partial charge on any atom is -0.381 e. The zero-order chi connectivity index (χ0) is 16.8. The summed E-state index contributed by atoms with van der Waals surface area (Å²) in [7, 11) is -3.68. The van der Waals surface area contributed by atoms with E-state index in [0.717, 1.165) is 11.0 Å². The summed E-state index contributed by atoms with van der Waals surface area (Å²) in [6.07, 6.45) is 1.07. The summed E-state index contributed by atoms with van der Waals surface area (Å²) in [4.78, 5) is 17.2. The maximum atomic E-state index is 12.2. The average molecular weight is 351 g/mol. The van der Waals surface area contributed by atoms with Crippen molar-refractivity contribution >= 4 is 27.5 Å². The second kappa shape index (κ2) is 8.25. The van der Waals surface area contributed by atoms with Gasteiger partial charge in [0.05, 0.1) is 18.9 Å². The third kappa shape index (κ3) is 5.08. The van der Waals surface area contributed by atoms with E-state index in [1.54, 1.807) is 13.8 Å². The van der Waals surface area contributed by atoms with Gasteiger partial charge in [-0.1, -0.05) is 18.2 Å². The molecule has 0 aliphatic rings. The van der Waals surface area contributed by atoms with E-state index in [2.05, 4.69) is 16.7 Å². The van der Waals surface area contributed by atoms with Crippen molar-refractivity contribution in [1.82, 2.24) is 19.7 Å². The summed E-state index contributed by atoms with van der Waals surface area (Å²) >= 11 is 5.69. The highest BCUT2D eigenvalue weighted by Gasteiger charge is 2.23. The van der Waals surface area contributed by atoms with Gasteiger partial charge in [0.2, 0.25) is 9.84 Å². The number of amides is 1. The molecule has 0 aromatic carbocycles. The van der Waals surface area contributed by atoms with E-state index in [9.17, 15) is 13.2 Å². The van der Waals surface area contributed by atoms with E-state index >= 15 is 0 Å². The predicted octanol–water partition coefficient (Wildman–Crippen LogP) is 1.13. The van der Waals surface area contributed by atoms with Crippen molar-refractivity contribution in [3.8, 4) is 0 Å². The fraction of sp³-hybridized carbons (Fsp3) is 0.583. The van der Waals surface area contributed by atoms with E-state index in [1.807, 2.05) is 0 Å². The Balaban J connectivity index is 2.86. The molecule has 0 saturated carbocycles. The Morgan fingerprint density at radius 2 is 2.18 bits per heavy atom. The van der Waals surface area contributed by atoms with Crippen LogP contribution in [0.3, 0.4) is 0 Å². The summed E-state index contributed by atoms with van der Waals surface area (Å²) in [5.41, 5.74) is 0. The number of carbonyl (C=O) groups excluding carboxylic acids is 1. The molecule has 0 atom stereocenters. The average Bonchev–Trinajstić information content (AvgIpc) is 2.94. The Morgan fingerprint density at radius 3 is 2.73 bits per heavy atom. The SMILES string of the molecule is C=C(Cl)CN(CC)C(=O)n1cnc(S(=O)(=O)CCOCC)n1. The number of hydrogen-bond acceptors (Lipinski definition) is 6. The molecule has 0 aliphatic carbocycles. The molecule has 0 bridgehead atoms. The van der Waals surface area contributed by atoms with Crippen molar-refractivity contribution in [2.75, 3.05) is 32.1 Å². The van der Waals surface area contributed by atoms with Crippen LogP contribution >= 0.6 is 11.6 Å². The molecule has 10 heteroatoms. The van der Waals surface area contributed by atoms with Crippen molar-refractivity contribution < 1.29 is 17.9 Å². The number of halogens is 1. The standard InChI is InChI=1S/C12H19ClN4O4S/c1-4-16(8-10(3)13)12(18)17-9-14-11(15-17)22(19,20)7-6-21-5-2/h9H,3-8H2,1-2H3. The zero-order valence-corrected chi connectivity index (χ0v) is 14.1. The molecular weight excluding hydrogens is 332 g/mol. The first-order valence-corrected chi connectivity index (χ1v) is 8.69. The molecule has 8 nitrogen and oxygen atoms in total. The zero-order valence-electron chi connectivity index (χ0n) is 12.5. The van der Waals surface area contributed by atoms with Gasteiger partial charge in [-0.25, -0.2) is 18.2 Å². The highest BCUT2D eigenvalue weighted by molar-refractivity contribution is 7.91. The Hall–Kier alpha value is -1.45. The molecule has 124 valence electrons. The van der Waals surface area contributed by atoms with Crippen LogP contribution in [0.5, 0.6) is 0 Å². The van der Waals surface area contributed by atoms with Gasteiger partial charge in [-0.15, -0.1) is 5.10 Å². The summed E-state index contributed by atoms with van der Waals surface area (Å²) in [5, 5.41) is 3.62. The van der Waals surface area contributed by atoms with Gasteiger partial charge < -0.3 is 9.64 Å². The van der Waals surface area contributed by atoms with Gasteiger partial charge in [-0.3, -0.25) is 0 Å². The highest BCUT2D eigenvalue weighted by atomic mass is 35.5. The smallest absolute Gasteiger partial charge is 0.346 e. The normalized spacial score (nSPS) is 11.4. The Morgan fingerprint density at radius 1 is 1.50 bits per heavy atom. The number of carbonyl (C=O) groups is 1. The van der Waals surface area contributed by atoms with Gasteiger partial charge in [-0.05, 0) is 13.8 Å². The first-order chi connectivity index (χ1) is 10.3. The molecule has 22 heavy (non-hydrogen) atoms. The van der Waals surface area contributed by atoms with Crippen molar-refractivity contribution in [3.63, 3.8) is 0 Å². The quantitative estimate of drug-likeness (QED) is 0.652. The molecule has 0 saturated heterocycles. The van der Waals surface area contributed by atoms with Crippen molar-refractivity contribution in [2.24, 2.45) is 0 Å². The third-order valence-corrected chi connectivity index (χ3v) is 4.23. The monoisotopic (exact) mass is 350 g/mol. The maximum absolute atomic E-state index is 12.2. The minimum atomic E-state index is -3.68. The lowest BCUT2D eigenvalue weighted by Crippen LogP contribution is -2.35. The lowest BCUT2D eigenvalue weighted by atomic mass is 10.5. The van der Waals surface area contributed by atoms with Crippen LogP contribution in [0.1, 0.15) is 13.8 Å². The highest BCUT2D eigenvalue weighted by Crippen LogP contribution is 2.07. The van der Waals surface area contributed by atoms with Gasteiger partial charge in [-0.2, -0.15) is 4.68 Å². The fourth-order valence-corrected chi connectivity index (χ4v) is 2.64. The molecule has 1 aromatic rings. The lowest BCUT2D eigenvalue weighted by molar-refractivity contribution is 0.163. The van der Waals surface area contributed by atoms with Crippen LogP contribution < -0.4 is 0 Å². The van der Waals surface area contributed by atoms with E-state index in [-0.39, 0.29) is 18.9 Å². The number of hydrogen-bond donors (Lipinski definition) is 0.